The van der Waals surface area contributed by atoms with E-state index in [0.29, 0.717) is 36.7 Å². The van der Waals surface area contributed by atoms with Gasteiger partial charge in [-0.3, -0.25) is 4.79 Å². The van der Waals surface area contributed by atoms with Gasteiger partial charge in [-0.05, 0) is 74.7 Å². The van der Waals surface area contributed by atoms with Crippen LogP contribution in [0.3, 0.4) is 0 Å². The summed E-state index contributed by atoms with van der Waals surface area (Å²) in [6, 6.07) is 0. The van der Waals surface area contributed by atoms with Crippen molar-refractivity contribution >= 4 is 5.78 Å². The molecule has 0 bridgehead atoms. The van der Waals surface area contributed by atoms with Crippen LogP contribution in [-0.2, 0) is 14.3 Å². The number of fused-ring (bicyclic) bond motifs is 7. The number of allylic oxidation sites excluding steroid dienone is 1. The highest BCUT2D eigenvalue weighted by molar-refractivity contribution is 5.95. The normalized spacial score (nSPS) is 53.6. The summed E-state index contributed by atoms with van der Waals surface area (Å²) in [4.78, 5) is 11.9. The van der Waals surface area contributed by atoms with Crippen molar-refractivity contribution < 1.29 is 23.8 Å². The van der Waals surface area contributed by atoms with Crippen molar-refractivity contribution in [3.63, 3.8) is 0 Å². The third kappa shape index (κ3) is 2.28. The van der Waals surface area contributed by atoms with Gasteiger partial charge in [-0.25, -0.2) is 4.39 Å². The van der Waals surface area contributed by atoms with Gasteiger partial charge in [-0.15, -0.1) is 0 Å². The van der Waals surface area contributed by atoms with Crippen LogP contribution in [0.15, 0.2) is 11.4 Å². The molecule has 0 aromatic carbocycles. The van der Waals surface area contributed by atoms with E-state index in [4.69, 9.17) is 9.47 Å². The number of carbonyl (C=O) groups excluding carboxylic acids is 1. The summed E-state index contributed by atoms with van der Waals surface area (Å²) in [6.07, 6.45) is 3.61. The van der Waals surface area contributed by atoms with Gasteiger partial charge in [-0.1, -0.05) is 13.8 Å². The Bertz CT molecular complexity index is 730. The number of hydrogen-bond donors (Lipinski definition) is 1. The molecule has 150 valence electrons. The summed E-state index contributed by atoms with van der Waals surface area (Å²) < 4.78 is 27.1. The summed E-state index contributed by atoms with van der Waals surface area (Å²) >= 11 is 0. The van der Waals surface area contributed by atoms with E-state index in [1.165, 1.54) is 0 Å². The number of carbonyl (C=O) groups is 1. The summed E-state index contributed by atoms with van der Waals surface area (Å²) in [5, 5.41) is 11.3. The number of ether oxygens (including phenoxy) is 2. The Morgan fingerprint density at radius 2 is 1.89 bits per heavy atom. The molecule has 8 atom stereocenters. The first-order chi connectivity index (χ1) is 12.6. The lowest BCUT2D eigenvalue weighted by Crippen LogP contribution is -2.57. The molecule has 1 N–H and O–H groups in total. The molecule has 5 rings (SSSR count). The van der Waals surface area contributed by atoms with Crippen LogP contribution in [0, 0.1) is 28.6 Å². The van der Waals surface area contributed by atoms with E-state index in [2.05, 4.69) is 13.8 Å². The van der Waals surface area contributed by atoms with Crippen molar-refractivity contribution in [3.05, 3.63) is 11.4 Å². The Kier molecular flexibility index (Phi) is 3.67. The molecule has 1 saturated heterocycles. The number of rotatable bonds is 0. The SMILES string of the molecule is CC1(C)O[C@@H]2[C@@H](C[C@H]3[C@@H]4CCC5=C(F)C(=O)CC[C@]5(C)[C@H]4[C@@H](O)C[C@]23C)O1. The number of aliphatic hydroxyl groups is 1. The van der Waals surface area contributed by atoms with Crippen molar-refractivity contribution in [1.29, 1.82) is 0 Å². The molecular formula is C22H31FO4. The molecule has 0 radical (unpaired) electrons. The van der Waals surface area contributed by atoms with Crippen molar-refractivity contribution in [2.75, 3.05) is 0 Å². The second kappa shape index (κ2) is 5.43. The molecule has 0 spiro atoms. The van der Waals surface area contributed by atoms with Gasteiger partial charge in [0.05, 0.1) is 18.3 Å². The van der Waals surface area contributed by atoms with E-state index >= 15 is 0 Å². The molecule has 5 heteroatoms. The zero-order valence-electron chi connectivity index (χ0n) is 16.8. The number of Topliss-reactive ketones (excluding diaryl/α,β-unsaturated/α-hetero) is 1. The van der Waals surface area contributed by atoms with Crippen LogP contribution in [0.4, 0.5) is 4.39 Å². The Morgan fingerprint density at radius 3 is 2.63 bits per heavy atom. The molecule has 1 heterocycles. The van der Waals surface area contributed by atoms with Crippen molar-refractivity contribution in [3.8, 4) is 0 Å². The quantitative estimate of drug-likeness (QED) is 0.694. The molecule has 4 aliphatic carbocycles. The van der Waals surface area contributed by atoms with E-state index in [0.717, 1.165) is 12.8 Å². The summed E-state index contributed by atoms with van der Waals surface area (Å²) in [6.45, 7) is 8.27. The van der Waals surface area contributed by atoms with Crippen molar-refractivity contribution in [2.24, 2.45) is 28.6 Å². The first-order valence-corrected chi connectivity index (χ1v) is 10.5. The third-order valence-corrected chi connectivity index (χ3v) is 8.74. The summed E-state index contributed by atoms with van der Waals surface area (Å²) in [5.74, 6) is -0.669. The topological polar surface area (TPSA) is 55.8 Å². The average molecular weight is 378 g/mol. The van der Waals surface area contributed by atoms with Gasteiger partial charge in [0.25, 0.3) is 0 Å². The van der Waals surface area contributed by atoms with Gasteiger partial charge in [0, 0.05) is 11.8 Å². The fraction of sp³-hybridized carbons (Fsp3) is 0.864. The van der Waals surface area contributed by atoms with Gasteiger partial charge >= 0.3 is 0 Å². The first kappa shape index (κ1) is 18.3. The number of halogens is 1. The van der Waals surface area contributed by atoms with E-state index in [1.54, 1.807) is 0 Å². The molecule has 0 amide bonds. The minimum Gasteiger partial charge on any atom is -0.393 e. The maximum absolute atomic E-state index is 14.7. The molecule has 27 heavy (non-hydrogen) atoms. The van der Waals surface area contributed by atoms with Crippen LogP contribution >= 0.6 is 0 Å². The Balaban J connectivity index is 1.52. The third-order valence-electron chi connectivity index (χ3n) is 8.74. The number of ketones is 1. The van der Waals surface area contributed by atoms with E-state index in [9.17, 15) is 14.3 Å². The fourth-order valence-electron chi connectivity index (χ4n) is 7.75. The standard InChI is InChI=1S/C22H31FO4/c1-20(2)26-16-9-13-11-5-6-12-18(23)14(24)7-8-21(12,3)17(11)15(25)10-22(13,4)19(16)27-20/h11,13,15-17,19,25H,5-10H2,1-4H3/t11-,13-,15-,16+,17+,19+,21-,22-/m0/s1. The molecule has 3 saturated carbocycles. The summed E-state index contributed by atoms with van der Waals surface area (Å²) in [7, 11) is 0. The monoisotopic (exact) mass is 378 g/mol. The second-order valence-electron chi connectivity index (χ2n) is 10.6. The Hall–Kier alpha value is -0.780. The fourth-order valence-corrected chi connectivity index (χ4v) is 7.75. The maximum Gasteiger partial charge on any atom is 0.191 e. The maximum atomic E-state index is 14.7. The molecular weight excluding hydrogens is 347 g/mol. The minimum atomic E-state index is -0.563. The molecule has 0 unspecified atom stereocenters. The molecule has 4 nitrogen and oxygen atoms in total. The molecule has 5 aliphatic rings. The average Bonchev–Trinajstić information content (AvgIpc) is 3.02. The van der Waals surface area contributed by atoms with Crippen LogP contribution in [-0.4, -0.2) is 35.0 Å². The first-order valence-electron chi connectivity index (χ1n) is 10.5. The zero-order chi connectivity index (χ0) is 19.4. The second-order valence-corrected chi connectivity index (χ2v) is 10.6. The lowest BCUT2D eigenvalue weighted by atomic mass is 9.46. The van der Waals surface area contributed by atoms with Gasteiger partial charge in [0.1, 0.15) is 0 Å². The smallest absolute Gasteiger partial charge is 0.191 e. The molecule has 0 aromatic heterocycles. The van der Waals surface area contributed by atoms with Gasteiger partial charge in [0.2, 0.25) is 0 Å². The minimum absolute atomic E-state index is 0.0162. The van der Waals surface area contributed by atoms with E-state index < -0.39 is 23.1 Å². The van der Waals surface area contributed by atoms with Crippen LogP contribution in [0.25, 0.3) is 0 Å². The highest BCUT2D eigenvalue weighted by Crippen LogP contribution is 2.67. The molecule has 1 aliphatic heterocycles. The number of hydrogen-bond acceptors (Lipinski definition) is 4. The highest BCUT2D eigenvalue weighted by Gasteiger charge is 2.67. The Morgan fingerprint density at radius 1 is 1.15 bits per heavy atom. The van der Waals surface area contributed by atoms with E-state index in [-0.39, 0.29) is 35.7 Å². The van der Waals surface area contributed by atoms with E-state index in [1.807, 2.05) is 13.8 Å². The van der Waals surface area contributed by atoms with Crippen LogP contribution in [0.2, 0.25) is 0 Å². The summed E-state index contributed by atoms with van der Waals surface area (Å²) in [5.41, 5.74) is 0.162. The molecule has 4 fully saturated rings. The van der Waals surface area contributed by atoms with Gasteiger partial charge in [0.15, 0.2) is 17.4 Å². The molecule has 0 aromatic rings. The largest absolute Gasteiger partial charge is 0.393 e. The van der Waals surface area contributed by atoms with Crippen molar-refractivity contribution in [1.82, 2.24) is 0 Å². The number of aliphatic hydroxyl groups excluding tert-OH is 1. The lowest BCUT2D eigenvalue weighted by Gasteiger charge is -2.59. The predicted octanol–water partition coefficient (Wildman–Crippen LogP) is 3.92. The van der Waals surface area contributed by atoms with Crippen molar-refractivity contribution in [2.45, 2.75) is 90.3 Å². The Labute approximate surface area is 160 Å². The highest BCUT2D eigenvalue weighted by atomic mass is 19.1. The van der Waals surface area contributed by atoms with Gasteiger partial charge < -0.3 is 14.6 Å². The van der Waals surface area contributed by atoms with Crippen LogP contribution in [0.5, 0.6) is 0 Å². The zero-order valence-corrected chi connectivity index (χ0v) is 16.8. The lowest BCUT2D eigenvalue weighted by molar-refractivity contribution is -0.198. The predicted molar refractivity (Wildman–Crippen MR) is 97.4 cm³/mol. The van der Waals surface area contributed by atoms with Crippen LogP contribution in [0.1, 0.15) is 66.2 Å². The van der Waals surface area contributed by atoms with Crippen LogP contribution < -0.4 is 0 Å². The van der Waals surface area contributed by atoms with Gasteiger partial charge in [-0.2, -0.15) is 0 Å².